The van der Waals surface area contributed by atoms with Gasteiger partial charge < -0.3 is 10.6 Å². The highest BCUT2D eigenvalue weighted by molar-refractivity contribution is 7.89. The number of sulfonamides is 1. The lowest BCUT2D eigenvalue weighted by atomic mass is 10.7. The molecule has 0 saturated carbocycles. The van der Waals surface area contributed by atoms with Gasteiger partial charge in [-0.05, 0) is 12.2 Å². The van der Waals surface area contributed by atoms with Gasteiger partial charge in [0.25, 0.3) is 0 Å². The predicted molar refractivity (Wildman–Crippen MR) is 57.1 cm³/mol. The van der Waals surface area contributed by atoms with Crippen molar-refractivity contribution in [2.75, 3.05) is 33.4 Å². The number of nitrogens with one attached hydrogen (secondary N) is 2. The van der Waals surface area contributed by atoms with E-state index in [2.05, 4.69) is 10.6 Å². The number of thiocarbonyl (C=S) groups is 1. The van der Waals surface area contributed by atoms with Crippen molar-refractivity contribution < 1.29 is 8.42 Å². The van der Waals surface area contributed by atoms with Gasteiger partial charge in [-0.3, -0.25) is 0 Å². The van der Waals surface area contributed by atoms with E-state index >= 15 is 0 Å². The first kappa shape index (κ1) is 12.6. The van der Waals surface area contributed by atoms with Gasteiger partial charge in [-0.25, -0.2) is 12.7 Å². The number of rotatable bonds is 4. The third-order valence-electron chi connectivity index (χ3n) is 1.43. The highest BCUT2D eigenvalue weighted by atomic mass is 32.2. The van der Waals surface area contributed by atoms with Gasteiger partial charge in [0.05, 0.1) is 5.75 Å². The van der Waals surface area contributed by atoms with E-state index in [4.69, 9.17) is 12.2 Å². The molecule has 0 saturated heterocycles. The Morgan fingerprint density at radius 3 is 2.38 bits per heavy atom. The molecular formula is C6H15N3O2S2. The monoisotopic (exact) mass is 225 g/mol. The zero-order valence-electron chi connectivity index (χ0n) is 7.99. The molecular weight excluding hydrogens is 210 g/mol. The van der Waals surface area contributed by atoms with Crippen molar-refractivity contribution in [3.05, 3.63) is 0 Å². The Kier molecular flexibility index (Phi) is 5.19. The predicted octanol–water partition coefficient (Wildman–Crippen LogP) is -1.03. The molecule has 0 aromatic carbocycles. The fraction of sp³-hybridized carbons (Fsp3) is 0.833. The fourth-order valence-corrected chi connectivity index (χ4v) is 1.39. The maximum Gasteiger partial charge on any atom is 0.215 e. The van der Waals surface area contributed by atoms with Crippen LogP contribution in [0.3, 0.4) is 0 Å². The Morgan fingerprint density at radius 2 is 2.00 bits per heavy atom. The first-order valence-corrected chi connectivity index (χ1v) is 5.77. The summed E-state index contributed by atoms with van der Waals surface area (Å²) >= 11 is 4.78. The molecule has 0 spiro atoms. The van der Waals surface area contributed by atoms with Crippen LogP contribution in [0.2, 0.25) is 0 Å². The Bertz CT molecular complexity index is 261. The lowest BCUT2D eigenvalue weighted by Crippen LogP contribution is -2.37. The van der Waals surface area contributed by atoms with E-state index in [0.717, 1.165) is 0 Å². The van der Waals surface area contributed by atoms with Crippen molar-refractivity contribution >= 4 is 27.4 Å². The zero-order valence-corrected chi connectivity index (χ0v) is 9.63. The molecule has 0 aromatic heterocycles. The van der Waals surface area contributed by atoms with Crippen molar-refractivity contribution in [3.8, 4) is 0 Å². The summed E-state index contributed by atoms with van der Waals surface area (Å²) in [4.78, 5) is 0. The van der Waals surface area contributed by atoms with E-state index in [1.165, 1.54) is 18.4 Å². The summed E-state index contributed by atoms with van der Waals surface area (Å²) in [7, 11) is 1.57. The Morgan fingerprint density at radius 1 is 1.46 bits per heavy atom. The molecule has 0 unspecified atom stereocenters. The normalized spacial score (nSPS) is 11.4. The van der Waals surface area contributed by atoms with Crippen molar-refractivity contribution in [2.45, 2.75) is 0 Å². The van der Waals surface area contributed by atoms with Gasteiger partial charge in [0.1, 0.15) is 0 Å². The van der Waals surface area contributed by atoms with E-state index in [9.17, 15) is 8.42 Å². The van der Waals surface area contributed by atoms with Gasteiger partial charge in [-0.15, -0.1) is 0 Å². The van der Waals surface area contributed by atoms with Crippen LogP contribution in [-0.2, 0) is 10.0 Å². The number of hydrogen-bond acceptors (Lipinski definition) is 3. The van der Waals surface area contributed by atoms with Gasteiger partial charge in [-0.1, -0.05) is 0 Å². The molecule has 0 fully saturated rings. The maximum absolute atomic E-state index is 11.2. The summed E-state index contributed by atoms with van der Waals surface area (Å²) in [6, 6.07) is 0. The molecule has 2 N–H and O–H groups in total. The van der Waals surface area contributed by atoms with Crippen LogP contribution in [0.4, 0.5) is 0 Å². The van der Waals surface area contributed by atoms with Crippen LogP contribution in [-0.4, -0.2) is 51.3 Å². The van der Waals surface area contributed by atoms with Gasteiger partial charge in [0.15, 0.2) is 5.11 Å². The summed E-state index contributed by atoms with van der Waals surface area (Å²) < 4.78 is 23.6. The van der Waals surface area contributed by atoms with Crippen LogP contribution in [0, 0.1) is 0 Å². The second-order valence-electron chi connectivity index (χ2n) is 2.60. The van der Waals surface area contributed by atoms with Crippen molar-refractivity contribution in [2.24, 2.45) is 0 Å². The van der Waals surface area contributed by atoms with Gasteiger partial charge in [-0.2, -0.15) is 0 Å². The minimum atomic E-state index is -3.12. The second kappa shape index (κ2) is 5.36. The number of nitrogens with zero attached hydrogens (tertiary/aromatic N) is 1. The van der Waals surface area contributed by atoms with Crippen LogP contribution in [0.25, 0.3) is 0 Å². The van der Waals surface area contributed by atoms with E-state index in [1.54, 1.807) is 7.05 Å². The molecule has 0 bridgehead atoms. The number of hydrogen-bond donors (Lipinski definition) is 2. The molecule has 78 valence electrons. The Balaban J connectivity index is 3.84. The summed E-state index contributed by atoms with van der Waals surface area (Å²) in [5.74, 6) is 0.0435. The van der Waals surface area contributed by atoms with E-state index in [-0.39, 0.29) is 5.75 Å². The van der Waals surface area contributed by atoms with Crippen molar-refractivity contribution in [1.82, 2.24) is 14.9 Å². The Labute approximate surface area is 84.5 Å². The van der Waals surface area contributed by atoms with Crippen molar-refractivity contribution in [1.29, 1.82) is 0 Å². The van der Waals surface area contributed by atoms with Crippen LogP contribution in [0.15, 0.2) is 0 Å². The molecule has 5 nitrogen and oxygen atoms in total. The Hall–Kier alpha value is -0.400. The third-order valence-corrected chi connectivity index (χ3v) is 3.61. The van der Waals surface area contributed by atoms with E-state index in [0.29, 0.717) is 11.7 Å². The van der Waals surface area contributed by atoms with Crippen LogP contribution in [0.1, 0.15) is 0 Å². The molecule has 0 radical (unpaired) electrons. The average molecular weight is 225 g/mol. The van der Waals surface area contributed by atoms with Crippen molar-refractivity contribution in [3.63, 3.8) is 0 Å². The molecule has 0 aliphatic heterocycles. The smallest absolute Gasteiger partial charge is 0.215 e. The van der Waals surface area contributed by atoms with Crippen LogP contribution < -0.4 is 10.6 Å². The summed E-state index contributed by atoms with van der Waals surface area (Å²) in [5.41, 5.74) is 0. The molecule has 0 amide bonds. The quantitative estimate of drug-likeness (QED) is 0.599. The lowest BCUT2D eigenvalue weighted by molar-refractivity contribution is 0.520. The standard InChI is InChI=1S/C6H15N3O2S2/c1-7-6(12)8-4-5-13(10,11)9(2)3/h4-5H2,1-3H3,(H2,7,8,12). The zero-order chi connectivity index (χ0) is 10.5. The first-order valence-electron chi connectivity index (χ1n) is 3.76. The molecule has 0 aliphatic carbocycles. The molecule has 13 heavy (non-hydrogen) atoms. The fourth-order valence-electron chi connectivity index (χ4n) is 0.565. The SMILES string of the molecule is CNC(=S)NCCS(=O)(=O)N(C)C. The van der Waals surface area contributed by atoms with Crippen LogP contribution >= 0.6 is 12.2 Å². The lowest BCUT2D eigenvalue weighted by Gasteiger charge is -2.12. The molecule has 0 heterocycles. The second-order valence-corrected chi connectivity index (χ2v) is 5.31. The van der Waals surface area contributed by atoms with Gasteiger partial charge >= 0.3 is 0 Å². The molecule has 0 rings (SSSR count). The largest absolute Gasteiger partial charge is 0.366 e. The highest BCUT2D eigenvalue weighted by Crippen LogP contribution is 1.91. The summed E-state index contributed by atoms with van der Waals surface area (Å²) in [6.07, 6.45) is 0. The van der Waals surface area contributed by atoms with E-state index < -0.39 is 10.0 Å². The maximum atomic E-state index is 11.2. The molecule has 0 aromatic rings. The molecule has 0 aliphatic rings. The third kappa shape index (κ3) is 5.02. The van der Waals surface area contributed by atoms with E-state index in [1.807, 2.05) is 0 Å². The minimum Gasteiger partial charge on any atom is -0.366 e. The summed E-state index contributed by atoms with van der Waals surface area (Å²) in [5, 5.41) is 5.90. The first-order chi connectivity index (χ1) is 5.90. The topological polar surface area (TPSA) is 61.4 Å². The highest BCUT2D eigenvalue weighted by Gasteiger charge is 2.12. The minimum absolute atomic E-state index is 0.0435. The van der Waals surface area contributed by atoms with Gasteiger partial charge in [0, 0.05) is 27.7 Å². The van der Waals surface area contributed by atoms with Crippen LogP contribution in [0.5, 0.6) is 0 Å². The molecule has 0 atom stereocenters. The van der Waals surface area contributed by atoms with Gasteiger partial charge in [0.2, 0.25) is 10.0 Å². The average Bonchev–Trinajstić information content (AvgIpc) is 2.03. The molecule has 7 heteroatoms. The summed E-state index contributed by atoms with van der Waals surface area (Å²) in [6.45, 7) is 0.320.